The van der Waals surface area contributed by atoms with E-state index in [2.05, 4.69) is 75.7 Å². The van der Waals surface area contributed by atoms with Crippen molar-refractivity contribution in [3.63, 3.8) is 0 Å². The fraction of sp³-hybridized carbons (Fsp3) is 0.600. The van der Waals surface area contributed by atoms with Crippen molar-refractivity contribution in [3.8, 4) is 0 Å². The predicted molar refractivity (Wildman–Crippen MR) is 136 cm³/mol. The number of morpholine rings is 1. The molecule has 0 aliphatic carbocycles. The van der Waals surface area contributed by atoms with Crippen LogP contribution < -0.4 is 5.32 Å². The SMILES string of the molecule is Cc1cc([C@H]2[C@@H](c3ccccn3)NC(=S)N2CCN(C)C)c(C)n1CCCN1CCOCC1. The van der Waals surface area contributed by atoms with Crippen LogP contribution in [0.1, 0.15) is 41.1 Å². The molecule has 1 N–H and O–H groups in total. The number of thiocarbonyl (C=S) groups is 1. The van der Waals surface area contributed by atoms with Crippen molar-refractivity contribution in [1.29, 1.82) is 0 Å². The first-order valence-electron chi connectivity index (χ1n) is 12.0. The zero-order valence-corrected chi connectivity index (χ0v) is 21.3. The normalized spacial score (nSPS) is 21.7. The number of pyridine rings is 1. The van der Waals surface area contributed by atoms with Gasteiger partial charge in [-0.05, 0) is 70.3 Å². The highest BCUT2D eigenvalue weighted by Gasteiger charge is 2.41. The van der Waals surface area contributed by atoms with Gasteiger partial charge in [0.2, 0.25) is 0 Å². The standard InChI is InChI=1S/C25H38N6OS/c1-19-18-21(20(2)30(19)11-7-10-29-14-16-32-17-15-29)24-23(22-8-5-6-9-26-22)27-25(33)31(24)13-12-28(3)4/h5-6,8-9,18,23-24H,7,10-17H2,1-4H3,(H,27,33)/t23-,24+/m1/s1. The molecule has 2 aliphatic rings. The lowest BCUT2D eigenvalue weighted by Gasteiger charge is -2.29. The van der Waals surface area contributed by atoms with Crippen LogP contribution in [-0.4, -0.2) is 89.4 Å². The summed E-state index contributed by atoms with van der Waals surface area (Å²) in [7, 11) is 4.22. The van der Waals surface area contributed by atoms with Crippen LogP contribution in [0.15, 0.2) is 30.5 Å². The van der Waals surface area contributed by atoms with Crippen molar-refractivity contribution in [3.05, 3.63) is 53.1 Å². The molecule has 4 heterocycles. The predicted octanol–water partition coefficient (Wildman–Crippen LogP) is 2.76. The van der Waals surface area contributed by atoms with E-state index >= 15 is 0 Å². The summed E-state index contributed by atoms with van der Waals surface area (Å²) in [4.78, 5) is 11.8. The van der Waals surface area contributed by atoms with Crippen LogP contribution >= 0.6 is 12.2 Å². The van der Waals surface area contributed by atoms with Crippen molar-refractivity contribution >= 4 is 17.3 Å². The molecule has 0 bridgehead atoms. The summed E-state index contributed by atoms with van der Waals surface area (Å²) >= 11 is 5.82. The summed E-state index contributed by atoms with van der Waals surface area (Å²) in [5.74, 6) is 0. The Morgan fingerprint density at radius 3 is 2.64 bits per heavy atom. The smallest absolute Gasteiger partial charge is 0.170 e. The third-order valence-electron chi connectivity index (χ3n) is 6.88. The molecule has 0 amide bonds. The number of ether oxygens (including phenoxy) is 1. The Labute approximate surface area is 203 Å². The summed E-state index contributed by atoms with van der Waals surface area (Å²) in [5.41, 5.74) is 5.03. The molecule has 0 aromatic carbocycles. The molecule has 2 saturated heterocycles. The van der Waals surface area contributed by atoms with Gasteiger partial charge in [0.1, 0.15) is 0 Å². The average molecular weight is 471 g/mol. The van der Waals surface area contributed by atoms with Crippen molar-refractivity contribution in [2.24, 2.45) is 0 Å². The number of hydrogen-bond donors (Lipinski definition) is 1. The Hall–Kier alpha value is -2.00. The van der Waals surface area contributed by atoms with Gasteiger partial charge in [0, 0.05) is 56.9 Å². The van der Waals surface area contributed by atoms with Gasteiger partial charge in [0.25, 0.3) is 0 Å². The molecule has 7 nitrogen and oxygen atoms in total. The Bertz CT molecular complexity index is 924. The van der Waals surface area contributed by atoms with Crippen LogP contribution in [-0.2, 0) is 11.3 Å². The van der Waals surface area contributed by atoms with E-state index in [-0.39, 0.29) is 12.1 Å². The molecule has 2 atom stereocenters. The van der Waals surface area contributed by atoms with E-state index in [0.29, 0.717) is 0 Å². The summed E-state index contributed by atoms with van der Waals surface area (Å²) in [6.07, 6.45) is 3.01. The molecule has 8 heteroatoms. The second kappa shape index (κ2) is 11.0. The maximum Gasteiger partial charge on any atom is 0.170 e. The second-order valence-corrected chi connectivity index (χ2v) is 9.80. The Kier molecular flexibility index (Phi) is 8.01. The van der Waals surface area contributed by atoms with Gasteiger partial charge in [0.05, 0.1) is 31.0 Å². The highest BCUT2D eigenvalue weighted by Crippen LogP contribution is 2.40. The maximum absolute atomic E-state index is 5.82. The lowest BCUT2D eigenvalue weighted by Crippen LogP contribution is -2.37. The van der Waals surface area contributed by atoms with Crippen LogP contribution in [0.5, 0.6) is 0 Å². The van der Waals surface area contributed by atoms with E-state index in [1.54, 1.807) is 0 Å². The molecular weight excluding hydrogens is 432 g/mol. The van der Waals surface area contributed by atoms with E-state index in [1.807, 2.05) is 12.3 Å². The van der Waals surface area contributed by atoms with Crippen LogP contribution in [0.25, 0.3) is 0 Å². The van der Waals surface area contributed by atoms with Crippen molar-refractivity contribution in [2.75, 3.05) is 60.0 Å². The zero-order chi connectivity index (χ0) is 23.4. The summed E-state index contributed by atoms with van der Waals surface area (Å²) in [5, 5.41) is 4.40. The number of nitrogens with zero attached hydrogens (tertiary/aromatic N) is 5. The molecule has 0 saturated carbocycles. The molecule has 4 rings (SSSR count). The van der Waals surface area contributed by atoms with Crippen molar-refractivity contribution < 1.29 is 4.74 Å². The van der Waals surface area contributed by atoms with Gasteiger partial charge < -0.3 is 24.4 Å². The van der Waals surface area contributed by atoms with Gasteiger partial charge in [-0.1, -0.05) is 6.07 Å². The summed E-state index contributed by atoms with van der Waals surface area (Å²) in [6, 6.07) is 8.67. The van der Waals surface area contributed by atoms with Crippen molar-refractivity contribution in [2.45, 2.75) is 38.9 Å². The molecule has 2 fully saturated rings. The van der Waals surface area contributed by atoms with Gasteiger partial charge in [-0.25, -0.2) is 0 Å². The van der Waals surface area contributed by atoms with Gasteiger partial charge >= 0.3 is 0 Å². The first-order valence-corrected chi connectivity index (χ1v) is 12.5. The molecule has 180 valence electrons. The molecule has 2 aliphatic heterocycles. The molecule has 0 unspecified atom stereocenters. The van der Waals surface area contributed by atoms with Gasteiger partial charge in [-0.3, -0.25) is 9.88 Å². The number of aryl methyl sites for hydroxylation is 1. The summed E-state index contributed by atoms with van der Waals surface area (Å²) in [6.45, 7) is 12.3. The van der Waals surface area contributed by atoms with Gasteiger partial charge in [0.15, 0.2) is 5.11 Å². The number of aromatic nitrogens is 2. The van der Waals surface area contributed by atoms with E-state index in [9.17, 15) is 0 Å². The fourth-order valence-corrected chi connectivity index (χ4v) is 5.37. The highest BCUT2D eigenvalue weighted by molar-refractivity contribution is 7.80. The number of rotatable bonds is 9. The molecule has 0 spiro atoms. The number of hydrogen-bond acceptors (Lipinski definition) is 5. The Balaban J connectivity index is 1.57. The van der Waals surface area contributed by atoms with E-state index < -0.39 is 0 Å². The lowest BCUT2D eigenvalue weighted by atomic mass is 9.97. The fourth-order valence-electron chi connectivity index (χ4n) is 5.04. The quantitative estimate of drug-likeness (QED) is 0.566. The Morgan fingerprint density at radius 2 is 1.94 bits per heavy atom. The maximum atomic E-state index is 5.82. The molecule has 2 aromatic rings. The first kappa shape index (κ1) is 24.1. The monoisotopic (exact) mass is 470 g/mol. The van der Waals surface area contributed by atoms with E-state index in [0.717, 1.165) is 69.7 Å². The third-order valence-corrected chi connectivity index (χ3v) is 7.23. The minimum atomic E-state index is 0.0446. The van der Waals surface area contributed by atoms with Crippen LogP contribution in [0, 0.1) is 13.8 Å². The molecule has 33 heavy (non-hydrogen) atoms. The van der Waals surface area contributed by atoms with Crippen LogP contribution in [0.4, 0.5) is 0 Å². The molecule has 0 radical (unpaired) electrons. The van der Waals surface area contributed by atoms with E-state index in [1.165, 1.54) is 17.0 Å². The summed E-state index contributed by atoms with van der Waals surface area (Å²) < 4.78 is 7.97. The van der Waals surface area contributed by atoms with Crippen LogP contribution in [0.3, 0.4) is 0 Å². The molecule has 2 aromatic heterocycles. The van der Waals surface area contributed by atoms with Gasteiger partial charge in [-0.15, -0.1) is 0 Å². The average Bonchev–Trinajstić information content (AvgIpc) is 3.29. The highest BCUT2D eigenvalue weighted by atomic mass is 32.1. The number of nitrogens with one attached hydrogen (secondary N) is 1. The number of likely N-dealkylation sites (N-methyl/N-ethyl adjacent to an activating group) is 1. The Morgan fingerprint density at radius 1 is 1.15 bits per heavy atom. The zero-order valence-electron chi connectivity index (χ0n) is 20.5. The lowest BCUT2D eigenvalue weighted by molar-refractivity contribution is 0.0369. The largest absolute Gasteiger partial charge is 0.379 e. The van der Waals surface area contributed by atoms with Crippen molar-refractivity contribution in [1.82, 2.24) is 29.6 Å². The third kappa shape index (κ3) is 5.57. The van der Waals surface area contributed by atoms with E-state index in [4.69, 9.17) is 17.0 Å². The van der Waals surface area contributed by atoms with Crippen LogP contribution in [0.2, 0.25) is 0 Å². The minimum Gasteiger partial charge on any atom is -0.379 e. The second-order valence-electron chi connectivity index (χ2n) is 9.41. The minimum absolute atomic E-state index is 0.0446. The topological polar surface area (TPSA) is 48.8 Å². The first-order chi connectivity index (χ1) is 16.0. The molecular formula is C25H38N6OS. The van der Waals surface area contributed by atoms with Gasteiger partial charge in [-0.2, -0.15) is 0 Å².